The maximum atomic E-state index is 12.0. The van der Waals surface area contributed by atoms with E-state index in [-0.39, 0.29) is 17.6 Å². The highest BCUT2D eigenvalue weighted by atomic mass is 16.6. The molecule has 0 saturated heterocycles. The molecule has 2 aromatic carbocycles. The molecule has 0 radical (unpaired) electrons. The molecule has 0 fully saturated rings. The topological polar surface area (TPSA) is 124 Å². The molecule has 4 rings (SSSR count). The van der Waals surface area contributed by atoms with Gasteiger partial charge in [-0.25, -0.2) is 0 Å². The smallest absolute Gasteiger partial charge is 0.322 e. The summed E-state index contributed by atoms with van der Waals surface area (Å²) < 4.78 is 11.0. The van der Waals surface area contributed by atoms with Crippen molar-refractivity contribution in [3.05, 3.63) is 76.4 Å². The summed E-state index contributed by atoms with van der Waals surface area (Å²) in [5.74, 6) is 0.00168. The second-order valence-corrected chi connectivity index (χ2v) is 5.74. The van der Waals surface area contributed by atoms with Crippen LogP contribution < -0.4 is 5.32 Å². The predicted molar refractivity (Wildman–Crippen MR) is 100 cm³/mol. The lowest BCUT2D eigenvalue weighted by Gasteiger charge is -1.95. The molecule has 0 aliphatic heterocycles. The van der Waals surface area contributed by atoms with Crippen LogP contribution in [0.3, 0.4) is 0 Å². The average molecular weight is 376 g/mol. The molecule has 0 aliphatic rings. The molecule has 0 spiro atoms. The third kappa shape index (κ3) is 3.63. The molecule has 9 nitrogen and oxygen atoms in total. The van der Waals surface area contributed by atoms with Crippen molar-refractivity contribution in [1.29, 1.82) is 0 Å². The van der Waals surface area contributed by atoms with Gasteiger partial charge in [0, 0.05) is 23.6 Å². The Labute approximate surface area is 157 Å². The highest BCUT2D eigenvalue weighted by Gasteiger charge is 2.14. The summed E-state index contributed by atoms with van der Waals surface area (Å²) in [4.78, 5) is 22.3. The van der Waals surface area contributed by atoms with Crippen molar-refractivity contribution in [1.82, 2.24) is 10.2 Å². The van der Waals surface area contributed by atoms with Crippen molar-refractivity contribution in [3.63, 3.8) is 0 Å². The van der Waals surface area contributed by atoms with Gasteiger partial charge in [0.25, 0.3) is 17.5 Å². The summed E-state index contributed by atoms with van der Waals surface area (Å²) in [5, 5.41) is 21.7. The van der Waals surface area contributed by atoms with Crippen LogP contribution >= 0.6 is 0 Å². The minimum absolute atomic E-state index is 0.0602. The first-order chi connectivity index (χ1) is 13.6. The molecule has 2 heterocycles. The second kappa shape index (κ2) is 7.16. The molecular weight excluding hydrogens is 364 g/mol. The molecule has 2 aromatic heterocycles. The van der Waals surface area contributed by atoms with E-state index in [0.29, 0.717) is 16.9 Å². The molecule has 0 atom stereocenters. The van der Waals surface area contributed by atoms with Gasteiger partial charge < -0.3 is 8.83 Å². The molecule has 0 aliphatic carbocycles. The van der Waals surface area contributed by atoms with Crippen molar-refractivity contribution < 1.29 is 18.6 Å². The van der Waals surface area contributed by atoms with Gasteiger partial charge in [0.05, 0.1) is 4.92 Å². The van der Waals surface area contributed by atoms with Gasteiger partial charge >= 0.3 is 6.01 Å². The Hall–Kier alpha value is -4.27. The number of amides is 1. The van der Waals surface area contributed by atoms with E-state index in [4.69, 9.17) is 8.83 Å². The van der Waals surface area contributed by atoms with Gasteiger partial charge in [-0.05, 0) is 23.8 Å². The van der Waals surface area contributed by atoms with Gasteiger partial charge in [-0.2, -0.15) is 0 Å². The Morgan fingerprint density at radius 3 is 2.75 bits per heavy atom. The van der Waals surface area contributed by atoms with E-state index in [1.54, 1.807) is 12.1 Å². The van der Waals surface area contributed by atoms with E-state index in [2.05, 4.69) is 15.5 Å². The average Bonchev–Trinajstić information content (AvgIpc) is 3.33. The van der Waals surface area contributed by atoms with E-state index in [1.807, 2.05) is 24.3 Å². The van der Waals surface area contributed by atoms with Crippen molar-refractivity contribution in [2.75, 3.05) is 5.32 Å². The van der Waals surface area contributed by atoms with Crippen LogP contribution in [0.25, 0.3) is 28.7 Å². The van der Waals surface area contributed by atoms with Crippen molar-refractivity contribution in [2.45, 2.75) is 0 Å². The molecule has 0 bridgehead atoms. The second-order valence-electron chi connectivity index (χ2n) is 5.74. The number of benzene rings is 2. The number of hydrogen-bond donors (Lipinski definition) is 1. The van der Waals surface area contributed by atoms with Crippen LogP contribution in [0, 0.1) is 10.1 Å². The number of nitro groups is 1. The number of nitro benzene ring substituents is 1. The zero-order valence-electron chi connectivity index (χ0n) is 14.2. The maximum Gasteiger partial charge on any atom is 0.322 e. The number of rotatable bonds is 5. The quantitative estimate of drug-likeness (QED) is 0.316. The number of carbonyl (C=O) groups excluding carboxylic acids is 1. The van der Waals surface area contributed by atoms with Crippen LogP contribution in [0.1, 0.15) is 5.56 Å². The monoisotopic (exact) mass is 376 g/mol. The van der Waals surface area contributed by atoms with Gasteiger partial charge in [-0.15, -0.1) is 5.10 Å². The van der Waals surface area contributed by atoms with E-state index in [1.165, 1.54) is 30.4 Å². The third-order valence-electron chi connectivity index (χ3n) is 3.80. The molecule has 4 aromatic rings. The third-order valence-corrected chi connectivity index (χ3v) is 3.80. The number of anilines is 1. The summed E-state index contributed by atoms with van der Waals surface area (Å²) in [7, 11) is 0. The summed E-state index contributed by atoms with van der Waals surface area (Å²) in [5.41, 5.74) is 1.13. The highest BCUT2D eigenvalue weighted by Crippen LogP contribution is 2.27. The fraction of sp³-hybridized carbons (Fsp3) is 0. The fourth-order valence-corrected chi connectivity index (χ4v) is 2.52. The van der Waals surface area contributed by atoms with Crippen molar-refractivity contribution in [2.24, 2.45) is 0 Å². The van der Waals surface area contributed by atoms with Crippen LogP contribution in [0.5, 0.6) is 0 Å². The number of nitrogens with zero attached hydrogens (tertiary/aromatic N) is 3. The molecule has 9 heteroatoms. The number of para-hydroxylation sites is 1. The van der Waals surface area contributed by atoms with Crippen LogP contribution in [-0.4, -0.2) is 21.0 Å². The largest absolute Gasteiger partial charge is 0.451 e. The van der Waals surface area contributed by atoms with Crippen LogP contribution in [0.15, 0.2) is 69.5 Å². The minimum Gasteiger partial charge on any atom is -0.451 e. The molecule has 28 heavy (non-hydrogen) atoms. The van der Waals surface area contributed by atoms with E-state index in [9.17, 15) is 14.9 Å². The van der Waals surface area contributed by atoms with Crippen molar-refractivity contribution >= 4 is 34.7 Å². The standard InChI is InChI=1S/C19H12N4O5/c24-17(9-8-12-4-3-6-14(10-12)23(25)26)20-19-22-21-18(28-19)16-11-13-5-1-2-7-15(13)27-16/h1-11H,(H,20,22,24)/b9-8+. The fourth-order valence-electron chi connectivity index (χ4n) is 2.52. The van der Waals surface area contributed by atoms with Crippen LogP contribution in [0.2, 0.25) is 0 Å². The lowest BCUT2D eigenvalue weighted by molar-refractivity contribution is -0.384. The lowest BCUT2D eigenvalue weighted by atomic mass is 10.2. The predicted octanol–water partition coefficient (Wildman–Crippen LogP) is 4.04. The van der Waals surface area contributed by atoms with Gasteiger partial charge in [-0.3, -0.25) is 20.2 Å². The van der Waals surface area contributed by atoms with Crippen LogP contribution in [-0.2, 0) is 4.79 Å². The Kier molecular flexibility index (Phi) is 4.38. The Morgan fingerprint density at radius 2 is 1.93 bits per heavy atom. The molecule has 0 saturated carbocycles. The number of carbonyl (C=O) groups is 1. The number of nitrogens with one attached hydrogen (secondary N) is 1. The summed E-state index contributed by atoms with van der Waals surface area (Å²) >= 11 is 0. The maximum absolute atomic E-state index is 12.0. The zero-order valence-corrected chi connectivity index (χ0v) is 14.2. The first-order valence-electron chi connectivity index (χ1n) is 8.14. The van der Waals surface area contributed by atoms with E-state index in [0.717, 1.165) is 5.39 Å². The first kappa shape index (κ1) is 17.2. The SMILES string of the molecule is O=C(/C=C/c1cccc([N+](=O)[O-])c1)Nc1nnc(-c2cc3ccccc3o2)o1. The number of non-ortho nitro benzene ring substituents is 1. The summed E-state index contributed by atoms with van der Waals surface area (Å²) in [6.07, 6.45) is 2.66. The lowest BCUT2D eigenvalue weighted by Crippen LogP contribution is -2.07. The molecular formula is C19H12N4O5. The molecule has 1 N–H and O–H groups in total. The Bertz CT molecular complexity index is 1170. The zero-order chi connectivity index (χ0) is 19.5. The minimum atomic E-state index is -0.522. The number of fused-ring (bicyclic) bond motifs is 1. The highest BCUT2D eigenvalue weighted by molar-refractivity contribution is 6.00. The van der Waals surface area contributed by atoms with Crippen molar-refractivity contribution in [3.8, 4) is 11.7 Å². The van der Waals surface area contributed by atoms with Gasteiger partial charge in [0.2, 0.25) is 0 Å². The molecule has 0 unspecified atom stereocenters. The van der Waals surface area contributed by atoms with Gasteiger partial charge in [-0.1, -0.05) is 35.4 Å². The molecule has 138 valence electrons. The number of furan rings is 1. The Morgan fingerprint density at radius 1 is 1.07 bits per heavy atom. The normalized spacial score (nSPS) is 11.1. The van der Waals surface area contributed by atoms with E-state index >= 15 is 0 Å². The van der Waals surface area contributed by atoms with Gasteiger partial charge in [0.1, 0.15) is 5.58 Å². The first-order valence-corrected chi connectivity index (χ1v) is 8.14. The summed E-state index contributed by atoms with van der Waals surface area (Å²) in [6, 6.07) is 15.0. The number of aromatic nitrogens is 2. The Balaban J connectivity index is 1.45. The van der Waals surface area contributed by atoms with Gasteiger partial charge in [0.15, 0.2) is 5.76 Å². The summed E-state index contributed by atoms with van der Waals surface area (Å²) in [6.45, 7) is 0. The molecule has 1 amide bonds. The number of hydrogen-bond acceptors (Lipinski definition) is 7. The van der Waals surface area contributed by atoms with Crippen LogP contribution in [0.4, 0.5) is 11.7 Å². The van der Waals surface area contributed by atoms with E-state index < -0.39 is 10.8 Å².